The van der Waals surface area contributed by atoms with Crippen LogP contribution in [0.25, 0.3) is 0 Å². The quantitative estimate of drug-likeness (QED) is 0.268. The van der Waals surface area contributed by atoms with Gasteiger partial charge < -0.3 is 0 Å². The monoisotopic (exact) mass is 272 g/mol. The van der Waals surface area contributed by atoms with Crippen LogP contribution in [0.1, 0.15) is 59.8 Å². The molecule has 1 heteroatoms. The molecule has 0 atom stereocenters. The van der Waals surface area contributed by atoms with E-state index in [-0.39, 0.29) is 0 Å². The van der Waals surface area contributed by atoms with Crippen LogP contribution in [0.3, 0.4) is 0 Å². The van der Waals surface area contributed by atoms with Crippen LogP contribution in [0.15, 0.2) is 47.1 Å². The maximum atomic E-state index is 10.3. The predicted octanol–water partition coefficient (Wildman–Crippen LogP) is 5.55. The fourth-order valence-electron chi connectivity index (χ4n) is 3.00. The predicted molar refractivity (Wildman–Crippen MR) is 87.7 cm³/mol. The third-order valence-electron chi connectivity index (χ3n) is 4.18. The fraction of sp³-hybridized carbons (Fsp3) is 0.526. The molecule has 0 N–H and O–H groups in total. The molecule has 110 valence electrons. The first kappa shape index (κ1) is 16.7. The van der Waals surface area contributed by atoms with Gasteiger partial charge >= 0.3 is 0 Å². The minimum atomic E-state index is 0.384. The lowest BCUT2D eigenvalue weighted by Crippen LogP contribution is -2.20. The Hall–Kier alpha value is -1.37. The summed E-state index contributed by atoms with van der Waals surface area (Å²) in [4.78, 5) is 10.3. The van der Waals surface area contributed by atoms with Crippen molar-refractivity contribution in [3.8, 4) is 0 Å². The van der Waals surface area contributed by atoms with E-state index in [1.165, 1.54) is 25.7 Å². The zero-order valence-electron chi connectivity index (χ0n) is 13.4. The van der Waals surface area contributed by atoms with Gasteiger partial charge in [-0.05, 0) is 63.0 Å². The Morgan fingerprint density at radius 2 is 2.05 bits per heavy atom. The number of aldehydes is 1. The Morgan fingerprint density at radius 1 is 1.30 bits per heavy atom. The van der Waals surface area contributed by atoms with Crippen molar-refractivity contribution in [2.75, 3.05) is 0 Å². The van der Waals surface area contributed by atoms with Crippen LogP contribution >= 0.6 is 0 Å². The first-order valence-electron chi connectivity index (χ1n) is 7.62. The molecule has 0 bridgehead atoms. The van der Waals surface area contributed by atoms with Crippen molar-refractivity contribution < 1.29 is 4.79 Å². The summed E-state index contributed by atoms with van der Waals surface area (Å²) >= 11 is 0. The van der Waals surface area contributed by atoms with Gasteiger partial charge in [-0.3, -0.25) is 4.79 Å². The van der Waals surface area contributed by atoms with Crippen molar-refractivity contribution in [2.45, 2.75) is 59.8 Å². The van der Waals surface area contributed by atoms with Crippen molar-refractivity contribution in [2.24, 2.45) is 5.41 Å². The third-order valence-corrected chi connectivity index (χ3v) is 4.18. The Kier molecular flexibility index (Phi) is 6.70. The highest BCUT2D eigenvalue weighted by Crippen LogP contribution is 2.42. The number of carbonyl (C=O) groups is 1. The first-order chi connectivity index (χ1) is 9.47. The molecule has 0 unspecified atom stereocenters. The van der Waals surface area contributed by atoms with E-state index < -0.39 is 0 Å². The summed E-state index contributed by atoms with van der Waals surface area (Å²) in [7, 11) is 0. The average Bonchev–Trinajstić information content (AvgIpc) is 2.36. The molecule has 0 aromatic heterocycles. The fourth-order valence-corrected chi connectivity index (χ4v) is 3.00. The van der Waals surface area contributed by atoms with E-state index in [2.05, 4.69) is 32.9 Å². The SMILES string of the molecule is CC1=C(CC/C=C/C=C\C(C)=C\C=O)C(C)(C)CCC1. The molecule has 1 nitrogen and oxygen atoms in total. The van der Waals surface area contributed by atoms with E-state index in [0.717, 1.165) is 18.3 Å². The molecular weight excluding hydrogens is 244 g/mol. The Bertz CT molecular complexity index is 444. The lowest BCUT2D eigenvalue weighted by molar-refractivity contribution is -0.104. The first-order valence-corrected chi connectivity index (χ1v) is 7.62. The van der Waals surface area contributed by atoms with E-state index in [1.807, 2.05) is 19.1 Å². The third kappa shape index (κ3) is 5.32. The highest BCUT2D eigenvalue weighted by Gasteiger charge is 2.27. The number of allylic oxidation sites excluding steroid dienone is 8. The summed E-state index contributed by atoms with van der Waals surface area (Å²) < 4.78 is 0. The van der Waals surface area contributed by atoms with Gasteiger partial charge in [0.25, 0.3) is 0 Å². The molecule has 1 aliphatic carbocycles. The summed E-state index contributed by atoms with van der Waals surface area (Å²) in [5, 5.41) is 0. The van der Waals surface area contributed by atoms with Crippen molar-refractivity contribution in [3.63, 3.8) is 0 Å². The second kappa shape index (κ2) is 8.04. The Balaban J connectivity index is 2.48. The second-order valence-electron chi connectivity index (χ2n) is 6.37. The minimum Gasteiger partial charge on any atom is -0.299 e. The van der Waals surface area contributed by atoms with Gasteiger partial charge in [-0.1, -0.05) is 49.3 Å². The Labute approximate surface area is 124 Å². The molecule has 1 rings (SSSR count). The van der Waals surface area contributed by atoms with Crippen molar-refractivity contribution in [3.05, 3.63) is 47.1 Å². The summed E-state index contributed by atoms with van der Waals surface area (Å²) in [6.07, 6.45) is 16.8. The molecular formula is C19H28O. The summed E-state index contributed by atoms with van der Waals surface area (Å²) in [5.74, 6) is 0. The van der Waals surface area contributed by atoms with Crippen molar-refractivity contribution >= 4 is 6.29 Å². The van der Waals surface area contributed by atoms with E-state index in [0.29, 0.717) is 5.41 Å². The molecule has 0 radical (unpaired) electrons. The molecule has 0 saturated heterocycles. The van der Waals surface area contributed by atoms with E-state index in [9.17, 15) is 4.79 Å². The zero-order valence-corrected chi connectivity index (χ0v) is 13.4. The van der Waals surface area contributed by atoms with Crippen LogP contribution in [0.4, 0.5) is 0 Å². The zero-order chi connectivity index (χ0) is 15.0. The van der Waals surface area contributed by atoms with Gasteiger partial charge in [0.2, 0.25) is 0 Å². The lowest BCUT2D eigenvalue weighted by Gasteiger charge is -2.34. The molecule has 0 saturated carbocycles. The summed E-state index contributed by atoms with van der Waals surface area (Å²) in [6, 6.07) is 0. The highest BCUT2D eigenvalue weighted by atomic mass is 16.1. The molecule has 1 aliphatic rings. The largest absolute Gasteiger partial charge is 0.299 e. The van der Waals surface area contributed by atoms with Crippen LogP contribution in [0.5, 0.6) is 0 Å². The van der Waals surface area contributed by atoms with Gasteiger partial charge in [0.15, 0.2) is 0 Å². The molecule has 0 aromatic carbocycles. The van der Waals surface area contributed by atoms with E-state index in [4.69, 9.17) is 0 Å². The minimum absolute atomic E-state index is 0.384. The van der Waals surface area contributed by atoms with Gasteiger partial charge in [0, 0.05) is 0 Å². The number of rotatable bonds is 6. The van der Waals surface area contributed by atoms with Gasteiger partial charge in [-0.2, -0.15) is 0 Å². The number of hydrogen-bond donors (Lipinski definition) is 0. The average molecular weight is 272 g/mol. The van der Waals surface area contributed by atoms with Gasteiger partial charge in [0.1, 0.15) is 6.29 Å². The van der Waals surface area contributed by atoms with Gasteiger partial charge in [0.05, 0.1) is 0 Å². The standard InChI is InChI=1S/C19H28O/c1-16(13-15-20)10-7-5-6-8-12-18-17(2)11-9-14-19(18,3)4/h5-7,10,13,15H,8-9,11-12,14H2,1-4H3/b6-5+,10-7-,16-13+. The summed E-state index contributed by atoms with van der Waals surface area (Å²) in [6.45, 7) is 8.98. The maximum Gasteiger partial charge on any atom is 0.143 e. The van der Waals surface area contributed by atoms with E-state index >= 15 is 0 Å². The lowest BCUT2D eigenvalue weighted by atomic mass is 9.71. The van der Waals surface area contributed by atoms with Crippen LogP contribution in [-0.4, -0.2) is 6.29 Å². The van der Waals surface area contributed by atoms with Crippen LogP contribution in [0.2, 0.25) is 0 Å². The highest BCUT2D eigenvalue weighted by molar-refractivity contribution is 5.66. The molecule has 0 aromatic rings. The molecule has 0 spiro atoms. The normalized spacial score (nSPS) is 20.1. The summed E-state index contributed by atoms with van der Waals surface area (Å²) in [5.41, 5.74) is 4.64. The molecule has 20 heavy (non-hydrogen) atoms. The number of carbonyl (C=O) groups excluding carboxylic acids is 1. The molecule has 0 aliphatic heterocycles. The Morgan fingerprint density at radius 3 is 2.70 bits per heavy atom. The van der Waals surface area contributed by atoms with Crippen LogP contribution < -0.4 is 0 Å². The van der Waals surface area contributed by atoms with Crippen molar-refractivity contribution in [1.29, 1.82) is 0 Å². The maximum absolute atomic E-state index is 10.3. The van der Waals surface area contributed by atoms with Crippen LogP contribution in [-0.2, 0) is 4.79 Å². The van der Waals surface area contributed by atoms with Gasteiger partial charge in [-0.25, -0.2) is 0 Å². The topological polar surface area (TPSA) is 17.1 Å². The van der Waals surface area contributed by atoms with E-state index in [1.54, 1.807) is 17.2 Å². The van der Waals surface area contributed by atoms with Crippen LogP contribution in [0, 0.1) is 5.41 Å². The van der Waals surface area contributed by atoms with Gasteiger partial charge in [-0.15, -0.1) is 0 Å². The molecule has 0 amide bonds. The van der Waals surface area contributed by atoms with Crippen molar-refractivity contribution in [1.82, 2.24) is 0 Å². The smallest absolute Gasteiger partial charge is 0.143 e. The molecule has 0 heterocycles. The number of hydrogen-bond acceptors (Lipinski definition) is 1. The second-order valence-corrected chi connectivity index (χ2v) is 6.37. The molecule has 0 fully saturated rings.